The normalized spacial score (nSPS) is 11.5. The number of aromatic nitrogens is 1. The molecule has 0 aliphatic rings. The number of carboxylic acid groups (broad SMARTS) is 1. The van der Waals surface area contributed by atoms with Crippen LogP contribution >= 0.6 is 0 Å². The number of hydrogen-bond acceptors (Lipinski definition) is 4. The minimum Gasteiger partial charge on any atom is -0.480 e. The van der Waals surface area contributed by atoms with Crippen molar-refractivity contribution in [1.29, 1.82) is 0 Å². The van der Waals surface area contributed by atoms with Gasteiger partial charge in [0, 0.05) is 29.4 Å². The first-order valence-electron chi connectivity index (χ1n) is 16.7. The van der Waals surface area contributed by atoms with Crippen molar-refractivity contribution in [2.75, 3.05) is 32.7 Å². The highest BCUT2D eigenvalue weighted by molar-refractivity contribution is 6.10. The lowest BCUT2D eigenvalue weighted by molar-refractivity contribution is -0.137. The van der Waals surface area contributed by atoms with E-state index < -0.39 is 5.97 Å². The standard InChI is InChI=1S/C37H53N3O4/c1-6-9-14-31-24-33-25-32(37(44)39(26-28(4)5)27-34(41)42)19-23-40(33)35(31)36(43)30-17-15-29(16-18-30)13-12-22-38(20-10-7-2)21-11-8-3/h15-19,23-25,28H,6-14,20-22,26-27H2,1-5H3,(H,41,42). The first kappa shape index (κ1) is 35.0. The van der Waals surface area contributed by atoms with Crippen molar-refractivity contribution in [3.63, 3.8) is 0 Å². The SMILES string of the molecule is CCCCc1cc2cc(C(=O)N(CC(=O)O)CC(C)C)ccn2c1C(=O)c1ccc(CCCN(CCCC)CCCC)cc1. The highest BCUT2D eigenvalue weighted by Crippen LogP contribution is 2.24. The molecule has 0 fully saturated rings. The maximum absolute atomic E-state index is 13.9. The van der Waals surface area contributed by atoms with Crippen LogP contribution in [0.25, 0.3) is 5.52 Å². The fraction of sp³-hybridized carbons (Fsp3) is 0.541. The number of carboxylic acids is 1. The van der Waals surface area contributed by atoms with E-state index in [0.29, 0.717) is 23.4 Å². The van der Waals surface area contributed by atoms with E-state index >= 15 is 0 Å². The van der Waals surface area contributed by atoms with Gasteiger partial charge in [-0.05, 0) is 93.4 Å². The Morgan fingerprint density at radius 3 is 2.02 bits per heavy atom. The summed E-state index contributed by atoms with van der Waals surface area (Å²) in [4.78, 5) is 42.6. The molecule has 1 amide bonds. The maximum Gasteiger partial charge on any atom is 0.323 e. The van der Waals surface area contributed by atoms with Gasteiger partial charge in [-0.1, -0.05) is 78.1 Å². The topological polar surface area (TPSA) is 82.3 Å². The Morgan fingerprint density at radius 1 is 0.795 bits per heavy atom. The van der Waals surface area contributed by atoms with Crippen LogP contribution in [-0.2, 0) is 17.6 Å². The third kappa shape index (κ3) is 10.0. The van der Waals surface area contributed by atoms with E-state index in [1.165, 1.54) is 49.2 Å². The highest BCUT2D eigenvalue weighted by Gasteiger charge is 2.23. The number of nitrogens with zero attached hydrogens (tertiary/aromatic N) is 3. The number of carbonyl (C=O) groups excluding carboxylic acids is 2. The quantitative estimate of drug-likeness (QED) is 0.135. The minimum absolute atomic E-state index is 0.0284. The van der Waals surface area contributed by atoms with Crippen molar-refractivity contribution in [3.8, 4) is 0 Å². The molecule has 3 rings (SSSR count). The summed E-state index contributed by atoms with van der Waals surface area (Å²) in [6.07, 6.45) is 11.5. The zero-order valence-corrected chi connectivity index (χ0v) is 27.6. The predicted octanol–water partition coefficient (Wildman–Crippen LogP) is 7.53. The third-order valence-electron chi connectivity index (χ3n) is 8.12. The van der Waals surface area contributed by atoms with E-state index in [4.69, 9.17) is 0 Å². The van der Waals surface area contributed by atoms with E-state index in [1.807, 2.05) is 36.4 Å². The first-order chi connectivity index (χ1) is 21.2. The molecule has 0 unspecified atom stereocenters. The second kappa shape index (κ2) is 17.7. The molecule has 0 aliphatic heterocycles. The van der Waals surface area contributed by atoms with Crippen LogP contribution < -0.4 is 0 Å². The van der Waals surface area contributed by atoms with Gasteiger partial charge in [0.15, 0.2) is 0 Å². The van der Waals surface area contributed by atoms with E-state index in [9.17, 15) is 19.5 Å². The number of amides is 1. The molecule has 1 aromatic carbocycles. The minimum atomic E-state index is -1.04. The number of fused-ring (bicyclic) bond motifs is 1. The van der Waals surface area contributed by atoms with Crippen molar-refractivity contribution in [2.24, 2.45) is 5.92 Å². The molecule has 0 radical (unpaired) electrons. The summed E-state index contributed by atoms with van der Waals surface area (Å²) in [5, 5.41) is 9.36. The van der Waals surface area contributed by atoms with Gasteiger partial charge in [0.1, 0.15) is 6.54 Å². The number of aliphatic carboxylic acids is 1. The smallest absolute Gasteiger partial charge is 0.323 e. The Kier molecular flexibility index (Phi) is 14.1. The summed E-state index contributed by atoms with van der Waals surface area (Å²) in [5.41, 5.74) is 4.68. The number of carbonyl (C=O) groups is 3. The van der Waals surface area contributed by atoms with Gasteiger partial charge < -0.3 is 19.3 Å². The summed E-state index contributed by atoms with van der Waals surface area (Å²) in [6, 6.07) is 13.5. The molecule has 7 nitrogen and oxygen atoms in total. The first-order valence-corrected chi connectivity index (χ1v) is 16.7. The number of ketones is 1. The molecule has 240 valence electrons. The average Bonchev–Trinajstić information content (AvgIpc) is 3.37. The van der Waals surface area contributed by atoms with Crippen LogP contribution in [0.3, 0.4) is 0 Å². The van der Waals surface area contributed by atoms with Crippen LogP contribution in [0, 0.1) is 5.92 Å². The van der Waals surface area contributed by atoms with Gasteiger partial charge >= 0.3 is 5.97 Å². The molecule has 0 saturated carbocycles. The molecule has 0 saturated heterocycles. The van der Waals surface area contributed by atoms with Crippen LogP contribution in [0.15, 0.2) is 48.7 Å². The Bertz CT molecular complexity index is 1350. The molecular weight excluding hydrogens is 550 g/mol. The van der Waals surface area contributed by atoms with Crippen molar-refractivity contribution < 1.29 is 19.5 Å². The zero-order valence-electron chi connectivity index (χ0n) is 27.6. The number of hydrogen-bond donors (Lipinski definition) is 1. The lowest BCUT2D eigenvalue weighted by Gasteiger charge is -2.23. The summed E-state index contributed by atoms with van der Waals surface area (Å²) in [7, 11) is 0. The van der Waals surface area contributed by atoms with E-state index in [0.717, 1.165) is 49.7 Å². The van der Waals surface area contributed by atoms with Crippen molar-refractivity contribution >= 4 is 23.2 Å². The molecule has 0 spiro atoms. The van der Waals surface area contributed by atoms with Gasteiger partial charge in [-0.15, -0.1) is 0 Å². The Balaban J connectivity index is 1.81. The second-order valence-corrected chi connectivity index (χ2v) is 12.5. The van der Waals surface area contributed by atoms with Gasteiger partial charge in [-0.2, -0.15) is 0 Å². The third-order valence-corrected chi connectivity index (χ3v) is 8.12. The number of rotatable bonds is 20. The fourth-order valence-electron chi connectivity index (χ4n) is 5.75. The van der Waals surface area contributed by atoms with Crippen LogP contribution in [0.4, 0.5) is 0 Å². The molecule has 3 aromatic rings. The highest BCUT2D eigenvalue weighted by atomic mass is 16.4. The van der Waals surface area contributed by atoms with Crippen LogP contribution in [0.1, 0.15) is 117 Å². The average molecular weight is 604 g/mol. The Morgan fingerprint density at radius 2 is 1.43 bits per heavy atom. The summed E-state index contributed by atoms with van der Waals surface area (Å²) < 4.78 is 1.88. The molecule has 44 heavy (non-hydrogen) atoms. The van der Waals surface area contributed by atoms with Gasteiger partial charge in [-0.25, -0.2) is 0 Å². The van der Waals surface area contributed by atoms with E-state index in [-0.39, 0.29) is 24.2 Å². The van der Waals surface area contributed by atoms with Gasteiger partial charge in [0.25, 0.3) is 5.91 Å². The van der Waals surface area contributed by atoms with Crippen LogP contribution in [-0.4, -0.2) is 69.7 Å². The molecular formula is C37H53N3O4. The van der Waals surface area contributed by atoms with Crippen molar-refractivity contribution in [3.05, 3.63) is 76.6 Å². The van der Waals surface area contributed by atoms with Gasteiger partial charge in [0.2, 0.25) is 5.78 Å². The Hall–Kier alpha value is -3.45. The second-order valence-electron chi connectivity index (χ2n) is 12.5. The van der Waals surface area contributed by atoms with Gasteiger partial charge in [-0.3, -0.25) is 14.4 Å². The Labute approximate surface area is 264 Å². The molecule has 2 aromatic heterocycles. The predicted molar refractivity (Wildman–Crippen MR) is 179 cm³/mol. The van der Waals surface area contributed by atoms with Crippen molar-refractivity contribution in [1.82, 2.24) is 14.2 Å². The lowest BCUT2D eigenvalue weighted by Crippen LogP contribution is -2.38. The lowest BCUT2D eigenvalue weighted by atomic mass is 10.00. The molecule has 2 heterocycles. The number of aryl methyl sites for hydroxylation is 2. The van der Waals surface area contributed by atoms with Crippen molar-refractivity contribution in [2.45, 2.75) is 92.4 Å². The molecule has 1 N–H and O–H groups in total. The van der Waals surface area contributed by atoms with Crippen LogP contribution in [0.2, 0.25) is 0 Å². The van der Waals surface area contributed by atoms with Crippen LogP contribution in [0.5, 0.6) is 0 Å². The number of benzene rings is 1. The maximum atomic E-state index is 13.9. The van der Waals surface area contributed by atoms with E-state index in [2.05, 4.69) is 37.8 Å². The largest absolute Gasteiger partial charge is 0.480 e. The zero-order chi connectivity index (χ0) is 32.1. The monoisotopic (exact) mass is 603 g/mol. The summed E-state index contributed by atoms with van der Waals surface area (Å²) in [5.74, 6) is -1.25. The molecule has 0 bridgehead atoms. The summed E-state index contributed by atoms with van der Waals surface area (Å²) in [6.45, 7) is 14.0. The van der Waals surface area contributed by atoms with E-state index in [1.54, 1.807) is 18.3 Å². The molecule has 7 heteroatoms. The fourth-order valence-corrected chi connectivity index (χ4v) is 5.75. The number of unbranched alkanes of at least 4 members (excludes halogenated alkanes) is 3. The molecule has 0 atom stereocenters. The summed E-state index contributed by atoms with van der Waals surface area (Å²) >= 11 is 0. The molecule has 0 aliphatic carbocycles. The van der Waals surface area contributed by atoms with Gasteiger partial charge in [0.05, 0.1) is 5.69 Å². The number of pyridine rings is 1.